The molecular formula is C27H36N6O2S. The topological polar surface area (TPSA) is 70.0 Å². The minimum atomic E-state index is -0.299. The van der Waals surface area contributed by atoms with E-state index in [9.17, 15) is 9.59 Å². The second-order valence-electron chi connectivity index (χ2n) is 9.99. The highest BCUT2D eigenvalue weighted by Crippen LogP contribution is 2.30. The van der Waals surface area contributed by atoms with E-state index in [4.69, 9.17) is 5.10 Å². The number of fused-ring (bicyclic) bond motifs is 1. The largest absolute Gasteiger partial charge is 0.349 e. The number of allylic oxidation sites excluding steroid dienone is 1. The Balaban J connectivity index is 2.06. The number of rotatable bonds is 9. The number of nitrogens with zero attached hydrogens (tertiary/aromatic N) is 6. The zero-order valence-electron chi connectivity index (χ0n) is 22.3. The van der Waals surface area contributed by atoms with Crippen LogP contribution in [0.1, 0.15) is 36.8 Å². The quantitative estimate of drug-likeness (QED) is 0.342. The van der Waals surface area contributed by atoms with E-state index in [-0.39, 0.29) is 17.2 Å². The third-order valence-electron chi connectivity index (χ3n) is 6.37. The summed E-state index contributed by atoms with van der Waals surface area (Å²) in [4.78, 5) is 30.7. The SMILES string of the molecule is C/C=C\c1c(Cn2nc3c(c2-c2cccn2C)c(=O)n(CCN(C)C)c(=O)n3CC(C)C)csc1C. The average molecular weight is 509 g/mol. The van der Waals surface area contributed by atoms with Crippen LogP contribution < -0.4 is 11.2 Å². The summed E-state index contributed by atoms with van der Waals surface area (Å²) in [6, 6.07) is 3.97. The van der Waals surface area contributed by atoms with Crippen molar-refractivity contribution in [3.8, 4) is 11.4 Å². The van der Waals surface area contributed by atoms with E-state index in [1.54, 1.807) is 15.9 Å². The summed E-state index contributed by atoms with van der Waals surface area (Å²) < 4.78 is 6.97. The first-order chi connectivity index (χ1) is 17.1. The van der Waals surface area contributed by atoms with Gasteiger partial charge in [0.2, 0.25) is 0 Å². The zero-order chi connectivity index (χ0) is 26.1. The van der Waals surface area contributed by atoms with Crippen molar-refractivity contribution >= 4 is 28.4 Å². The van der Waals surface area contributed by atoms with E-state index in [1.165, 1.54) is 15.0 Å². The molecule has 0 aliphatic heterocycles. The number of aryl methyl sites for hydroxylation is 2. The second kappa shape index (κ2) is 10.4. The molecule has 0 aromatic carbocycles. The maximum atomic E-state index is 13.9. The zero-order valence-corrected chi connectivity index (χ0v) is 23.1. The molecule has 0 fully saturated rings. The van der Waals surface area contributed by atoms with Crippen molar-refractivity contribution < 1.29 is 0 Å². The molecule has 8 nitrogen and oxygen atoms in total. The van der Waals surface area contributed by atoms with Crippen LogP contribution in [0.5, 0.6) is 0 Å². The molecule has 0 amide bonds. The number of hydrogen-bond acceptors (Lipinski definition) is 5. The standard InChI is InChI=1S/C27H36N6O2S/c1-8-10-21-19(4)36-17-20(21)16-33-24(22-11-9-12-30(22)7)23-25(28-33)32(15-18(2)3)27(35)31(26(23)34)14-13-29(5)6/h8-12,17-18H,13-16H2,1-7H3/b10-8-. The van der Waals surface area contributed by atoms with Gasteiger partial charge in [0.05, 0.1) is 12.2 Å². The molecule has 4 aromatic rings. The molecule has 9 heteroatoms. The lowest BCUT2D eigenvalue weighted by molar-refractivity contribution is 0.371. The van der Waals surface area contributed by atoms with Gasteiger partial charge in [-0.05, 0) is 62.5 Å². The monoisotopic (exact) mass is 508 g/mol. The highest BCUT2D eigenvalue weighted by atomic mass is 32.1. The van der Waals surface area contributed by atoms with Gasteiger partial charge in [0.25, 0.3) is 5.56 Å². The smallest absolute Gasteiger partial charge is 0.332 e. The molecule has 4 heterocycles. The van der Waals surface area contributed by atoms with E-state index in [1.807, 2.05) is 66.6 Å². The number of hydrogen-bond donors (Lipinski definition) is 0. The minimum Gasteiger partial charge on any atom is -0.349 e. The van der Waals surface area contributed by atoms with E-state index in [0.717, 1.165) is 17.0 Å². The van der Waals surface area contributed by atoms with Crippen LogP contribution in [0.2, 0.25) is 0 Å². The van der Waals surface area contributed by atoms with Crippen LogP contribution in [0.25, 0.3) is 28.5 Å². The summed E-state index contributed by atoms with van der Waals surface area (Å²) in [5.74, 6) is 0.218. The van der Waals surface area contributed by atoms with Gasteiger partial charge < -0.3 is 9.47 Å². The van der Waals surface area contributed by atoms with Gasteiger partial charge >= 0.3 is 5.69 Å². The summed E-state index contributed by atoms with van der Waals surface area (Å²) >= 11 is 1.71. The molecule has 0 aliphatic carbocycles. The van der Waals surface area contributed by atoms with E-state index >= 15 is 0 Å². The van der Waals surface area contributed by atoms with Crippen LogP contribution in [-0.2, 0) is 26.7 Å². The van der Waals surface area contributed by atoms with Crippen molar-refractivity contribution in [2.45, 2.75) is 47.3 Å². The first-order valence-corrected chi connectivity index (χ1v) is 13.2. The molecular weight excluding hydrogens is 472 g/mol. The number of likely N-dealkylation sites (N-methyl/N-ethyl adjacent to an activating group) is 1. The Kier molecular flexibility index (Phi) is 7.51. The third-order valence-corrected chi connectivity index (χ3v) is 7.35. The van der Waals surface area contributed by atoms with Gasteiger partial charge in [0.1, 0.15) is 11.1 Å². The summed E-state index contributed by atoms with van der Waals surface area (Å²) in [6.07, 6.45) is 6.13. The van der Waals surface area contributed by atoms with Crippen molar-refractivity contribution in [2.24, 2.45) is 13.0 Å². The molecule has 0 bridgehead atoms. The van der Waals surface area contributed by atoms with Crippen LogP contribution in [0.4, 0.5) is 0 Å². The maximum absolute atomic E-state index is 13.9. The highest BCUT2D eigenvalue weighted by molar-refractivity contribution is 7.10. The lowest BCUT2D eigenvalue weighted by atomic mass is 10.1. The molecule has 0 unspecified atom stereocenters. The van der Waals surface area contributed by atoms with Gasteiger partial charge in [0.15, 0.2) is 5.65 Å². The fourth-order valence-corrected chi connectivity index (χ4v) is 5.44. The number of thiophene rings is 1. The van der Waals surface area contributed by atoms with Gasteiger partial charge in [-0.1, -0.05) is 26.0 Å². The van der Waals surface area contributed by atoms with Crippen LogP contribution in [0.3, 0.4) is 0 Å². The van der Waals surface area contributed by atoms with Crippen LogP contribution >= 0.6 is 11.3 Å². The second-order valence-corrected chi connectivity index (χ2v) is 11.1. The van der Waals surface area contributed by atoms with Crippen molar-refractivity contribution in [1.29, 1.82) is 0 Å². The lowest BCUT2D eigenvalue weighted by Gasteiger charge is -2.15. The van der Waals surface area contributed by atoms with Crippen molar-refractivity contribution in [1.82, 2.24) is 28.4 Å². The first-order valence-electron chi connectivity index (χ1n) is 12.3. The molecule has 0 spiro atoms. The normalized spacial score (nSPS) is 12.2. The molecule has 0 saturated heterocycles. The lowest BCUT2D eigenvalue weighted by Crippen LogP contribution is -2.42. The van der Waals surface area contributed by atoms with Crippen molar-refractivity contribution in [3.63, 3.8) is 0 Å². The molecule has 0 radical (unpaired) electrons. The molecule has 0 saturated carbocycles. The molecule has 4 rings (SSSR count). The predicted molar refractivity (Wildman–Crippen MR) is 149 cm³/mol. The van der Waals surface area contributed by atoms with Crippen molar-refractivity contribution in [3.05, 3.63) is 66.6 Å². The summed E-state index contributed by atoms with van der Waals surface area (Å²) in [5.41, 5.74) is 3.83. The molecule has 4 aromatic heterocycles. The molecule has 0 N–H and O–H groups in total. The summed E-state index contributed by atoms with van der Waals surface area (Å²) in [6.45, 7) is 10.2. The average Bonchev–Trinajstić information content (AvgIpc) is 3.49. The van der Waals surface area contributed by atoms with Gasteiger partial charge in [-0.3, -0.25) is 18.6 Å². The van der Waals surface area contributed by atoms with Crippen molar-refractivity contribution in [2.75, 3.05) is 20.6 Å². The Hall–Kier alpha value is -3.17. The molecule has 0 aliphatic rings. The van der Waals surface area contributed by atoms with Crippen LogP contribution in [0.15, 0.2) is 39.4 Å². The van der Waals surface area contributed by atoms with Crippen LogP contribution in [-0.4, -0.2) is 49.0 Å². The summed E-state index contributed by atoms with van der Waals surface area (Å²) in [7, 11) is 5.84. The van der Waals surface area contributed by atoms with Gasteiger partial charge in [-0.15, -0.1) is 11.3 Å². The summed E-state index contributed by atoms with van der Waals surface area (Å²) in [5, 5.41) is 7.60. The van der Waals surface area contributed by atoms with Gasteiger partial charge in [-0.2, -0.15) is 5.10 Å². The molecule has 36 heavy (non-hydrogen) atoms. The minimum absolute atomic E-state index is 0.218. The molecule has 192 valence electrons. The van der Waals surface area contributed by atoms with E-state index in [2.05, 4.69) is 32.2 Å². The van der Waals surface area contributed by atoms with Gasteiger partial charge in [-0.25, -0.2) is 4.79 Å². The Labute approximate surface area is 215 Å². The van der Waals surface area contributed by atoms with E-state index < -0.39 is 0 Å². The Bertz CT molecular complexity index is 1530. The predicted octanol–water partition coefficient (Wildman–Crippen LogP) is 4.03. The maximum Gasteiger partial charge on any atom is 0.332 e. The first kappa shape index (κ1) is 25.9. The fourth-order valence-electron chi connectivity index (χ4n) is 4.59. The Morgan fingerprint density at radius 2 is 1.94 bits per heavy atom. The molecule has 0 atom stereocenters. The third kappa shape index (κ3) is 4.77. The fraction of sp³-hybridized carbons (Fsp3) is 0.444. The van der Waals surface area contributed by atoms with Gasteiger partial charge in [0, 0.05) is 37.8 Å². The van der Waals surface area contributed by atoms with E-state index in [0.29, 0.717) is 37.2 Å². The number of aromatic nitrogens is 5. The Morgan fingerprint density at radius 1 is 1.19 bits per heavy atom. The highest BCUT2D eigenvalue weighted by Gasteiger charge is 2.25. The van der Waals surface area contributed by atoms with Crippen LogP contribution in [0, 0.1) is 12.8 Å². The Morgan fingerprint density at radius 3 is 2.56 bits per heavy atom.